The number of aromatic amines is 1. The number of aromatic nitrogens is 2. The molecule has 0 bridgehead atoms. The second kappa shape index (κ2) is 6.89. The molecule has 2 aliphatic rings. The summed E-state index contributed by atoms with van der Waals surface area (Å²) >= 11 is 0. The van der Waals surface area contributed by atoms with Crippen molar-refractivity contribution in [1.82, 2.24) is 19.8 Å². The fourth-order valence-electron chi connectivity index (χ4n) is 3.87. The summed E-state index contributed by atoms with van der Waals surface area (Å²) in [4.78, 5) is 26.9. The number of carbonyl (C=O) groups is 1. The molecule has 0 saturated carbocycles. The number of aliphatic hydroxyl groups excluding tert-OH is 1. The number of piperazine rings is 1. The quantitative estimate of drug-likeness (QED) is 0.866. The van der Waals surface area contributed by atoms with Crippen molar-refractivity contribution in [3.63, 3.8) is 0 Å². The number of aliphatic hydroxyl groups is 1. The molecule has 7 heteroatoms. The zero-order chi connectivity index (χ0) is 18.3. The van der Waals surface area contributed by atoms with E-state index < -0.39 is 6.10 Å². The van der Waals surface area contributed by atoms with Crippen molar-refractivity contribution in [2.24, 2.45) is 0 Å². The van der Waals surface area contributed by atoms with E-state index in [1.54, 1.807) is 4.90 Å². The van der Waals surface area contributed by atoms with E-state index in [1.807, 2.05) is 12.3 Å². The Balaban J connectivity index is 1.50. The number of likely N-dealkylation sites (tertiary alicyclic amines) is 1. The lowest BCUT2D eigenvalue weighted by molar-refractivity contribution is 0.0760. The Kier molecular flexibility index (Phi) is 4.58. The highest BCUT2D eigenvalue weighted by atomic mass is 16.3. The average Bonchev–Trinajstić information content (AvgIpc) is 3.26. The van der Waals surface area contributed by atoms with Crippen molar-refractivity contribution in [1.29, 1.82) is 0 Å². The van der Waals surface area contributed by atoms with E-state index in [4.69, 9.17) is 0 Å². The van der Waals surface area contributed by atoms with Crippen molar-refractivity contribution in [3.05, 3.63) is 24.0 Å². The van der Waals surface area contributed by atoms with Gasteiger partial charge in [-0.3, -0.25) is 9.69 Å². The van der Waals surface area contributed by atoms with Crippen molar-refractivity contribution < 1.29 is 9.90 Å². The van der Waals surface area contributed by atoms with Crippen molar-refractivity contribution in [3.8, 4) is 0 Å². The first kappa shape index (κ1) is 17.3. The normalized spacial score (nSPS) is 21.9. The maximum Gasteiger partial charge on any atom is 0.270 e. The van der Waals surface area contributed by atoms with Crippen LogP contribution in [0.2, 0.25) is 0 Å². The number of carbonyl (C=O) groups excluding carboxylic acids is 1. The highest BCUT2D eigenvalue weighted by molar-refractivity contribution is 5.98. The molecule has 26 heavy (non-hydrogen) atoms. The third kappa shape index (κ3) is 3.29. The summed E-state index contributed by atoms with van der Waals surface area (Å²) in [7, 11) is 0. The lowest BCUT2D eigenvalue weighted by atomic mass is 10.2. The molecule has 2 aromatic rings. The minimum atomic E-state index is -0.402. The summed E-state index contributed by atoms with van der Waals surface area (Å²) in [6.45, 7) is 9.53. The zero-order valence-electron chi connectivity index (χ0n) is 15.5. The van der Waals surface area contributed by atoms with Crippen LogP contribution in [0.1, 0.15) is 30.8 Å². The van der Waals surface area contributed by atoms with Gasteiger partial charge in [-0.15, -0.1) is 0 Å². The molecule has 140 valence electrons. The first-order valence-corrected chi connectivity index (χ1v) is 9.46. The van der Waals surface area contributed by atoms with Gasteiger partial charge in [-0.2, -0.15) is 0 Å². The van der Waals surface area contributed by atoms with Crippen LogP contribution in [0.3, 0.4) is 0 Å². The molecule has 2 N–H and O–H groups in total. The van der Waals surface area contributed by atoms with Gasteiger partial charge < -0.3 is 19.9 Å². The lowest BCUT2D eigenvalue weighted by Crippen LogP contribution is -2.49. The number of H-pyrrole nitrogens is 1. The molecule has 2 saturated heterocycles. The number of amides is 1. The van der Waals surface area contributed by atoms with Gasteiger partial charge in [-0.1, -0.05) is 0 Å². The van der Waals surface area contributed by atoms with Crippen molar-refractivity contribution in [2.75, 3.05) is 44.2 Å². The summed E-state index contributed by atoms with van der Waals surface area (Å²) in [5, 5.41) is 10.6. The van der Waals surface area contributed by atoms with Crippen LogP contribution >= 0.6 is 0 Å². The van der Waals surface area contributed by atoms with Gasteiger partial charge in [0.15, 0.2) is 0 Å². The average molecular weight is 357 g/mol. The fraction of sp³-hybridized carbons (Fsp3) is 0.579. The molecule has 1 atom stereocenters. The minimum Gasteiger partial charge on any atom is -0.391 e. The second-order valence-corrected chi connectivity index (χ2v) is 7.62. The third-order valence-electron chi connectivity index (χ3n) is 5.54. The van der Waals surface area contributed by atoms with Gasteiger partial charge in [-0.05, 0) is 32.4 Å². The second-order valence-electron chi connectivity index (χ2n) is 7.62. The van der Waals surface area contributed by atoms with Crippen LogP contribution in [-0.4, -0.2) is 82.2 Å². The Morgan fingerprint density at radius 1 is 1.23 bits per heavy atom. The van der Waals surface area contributed by atoms with E-state index in [1.165, 1.54) is 0 Å². The predicted molar refractivity (Wildman–Crippen MR) is 102 cm³/mol. The number of anilines is 1. The van der Waals surface area contributed by atoms with Gasteiger partial charge in [0.25, 0.3) is 5.91 Å². The molecule has 0 spiro atoms. The van der Waals surface area contributed by atoms with E-state index >= 15 is 0 Å². The zero-order valence-corrected chi connectivity index (χ0v) is 15.5. The molecule has 0 radical (unpaired) electrons. The van der Waals surface area contributed by atoms with Gasteiger partial charge in [0, 0.05) is 50.7 Å². The first-order chi connectivity index (χ1) is 12.5. The topological polar surface area (TPSA) is 75.7 Å². The molecule has 2 aliphatic heterocycles. The molecule has 1 amide bonds. The van der Waals surface area contributed by atoms with E-state index in [-0.39, 0.29) is 5.91 Å². The van der Waals surface area contributed by atoms with Crippen LogP contribution in [0.4, 0.5) is 5.82 Å². The van der Waals surface area contributed by atoms with Crippen LogP contribution in [0.25, 0.3) is 10.9 Å². The van der Waals surface area contributed by atoms with Gasteiger partial charge >= 0.3 is 0 Å². The maximum atomic E-state index is 12.6. The number of nitrogens with one attached hydrogen (secondary N) is 1. The highest BCUT2D eigenvalue weighted by Gasteiger charge is 2.26. The SMILES string of the molecule is CC(C)N1CCN(c2cc3cc(C(=O)N4CCC(O)C4)[nH]c3cn2)CC1. The van der Waals surface area contributed by atoms with Gasteiger partial charge in [0.2, 0.25) is 0 Å². The van der Waals surface area contributed by atoms with E-state index in [0.29, 0.717) is 31.2 Å². The first-order valence-electron chi connectivity index (χ1n) is 9.46. The summed E-state index contributed by atoms with van der Waals surface area (Å²) < 4.78 is 0. The summed E-state index contributed by atoms with van der Waals surface area (Å²) in [6, 6.07) is 4.54. The Bertz CT molecular complexity index is 794. The van der Waals surface area contributed by atoms with E-state index in [9.17, 15) is 9.90 Å². The molecular formula is C19H27N5O2. The number of hydrogen-bond acceptors (Lipinski definition) is 5. The van der Waals surface area contributed by atoms with Crippen LogP contribution in [0.15, 0.2) is 18.3 Å². The lowest BCUT2D eigenvalue weighted by Gasteiger charge is -2.37. The molecule has 0 aliphatic carbocycles. The van der Waals surface area contributed by atoms with Gasteiger partial charge in [0.05, 0.1) is 17.8 Å². The van der Waals surface area contributed by atoms with Crippen LogP contribution in [-0.2, 0) is 0 Å². The summed E-state index contributed by atoms with van der Waals surface area (Å²) in [6.07, 6.45) is 2.07. The number of fused-ring (bicyclic) bond motifs is 1. The molecular weight excluding hydrogens is 330 g/mol. The minimum absolute atomic E-state index is 0.0511. The van der Waals surface area contributed by atoms with Crippen LogP contribution in [0, 0.1) is 0 Å². The number of β-amino-alcohol motifs (C(OH)–C–C–N with tert-alkyl or cyclic N) is 1. The Hall–Kier alpha value is -2.12. The largest absolute Gasteiger partial charge is 0.391 e. The van der Waals surface area contributed by atoms with Gasteiger partial charge in [-0.25, -0.2) is 4.98 Å². The van der Waals surface area contributed by atoms with E-state index in [0.717, 1.165) is 42.9 Å². The van der Waals surface area contributed by atoms with Crippen LogP contribution in [0.5, 0.6) is 0 Å². The van der Waals surface area contributed by atoms with Crippen molar-refractivity contribution >= 4 is 22.6 Å². The molecule has 4 rings (SSSR count). The highest BCUT2D eigenvalue weighted by Crippen LogP contribution is 2.23. The molecule has 0 aromatic carbocycles. The number of nitrogens with zero attached hydrogens (tertiary/aromatic N) is 4. The van der Waals surface area contributed by atoms with Crippen LogP contribution < -0.4 is 4.90 Å². The Labute approximate surface area is 153 Å². The number of hydrogen-bond donors (Lipinski definition) is 2. The van der Waals surface area contributed by atoms with Crippen molar-refractivity contribution in [2.45, 2.75) is 32.4 Å². The molecule has 2 fully saturated rings. The molecule has 4 heterocycles. The maximum absolute atomic E-state index is 12.6. The number of pyridine rings is 1. The summed E-state index contributed by atoms with van der Waals surface area (Å²) in [5.74, 6) is 0.917. The molecule has 1 unspecified atom stereocenters. The number of rotatable bonds is 3. The fourth-order valence-corrected chi connectivity index (χ4v) is 3.87. The Morgan fingerprint density at radius 2 is 2.00 bits per heavy atom. The Morgan fingerprint density at radius 3 is 2.65 bits per heavy atom. The van der Waals surface area contributed by atoms with E-state index in [2.05, 4.69) is 39.7 Å². The molecule has 7 nitrogen and oxygen atoms in total. The monoisotopic (exact) mass is 357 g/mol. The summed E-state index contributed by atoms with van der Waals surface area (Å²) in [5.41, 5.74) is 1.44. The third-order valence-corrected chi connectivity index (χ3v) is 5.54. The smallest absolute Gasteiger partial charge is 0.270 e. The standard InChI is InChI=1S/C19H27N5O2/c1-13(2)22-5-7-23(8-6-22)18-10-14-9-16(21-17(14)11-20-18)19(26)24-4-3-15(25)12-24/h9-11,13,15,21,25H,3-8,12H2,1-2H3. The van der Waals surface area contributed by atoms with Gasteiger partial charge in [0.1, 0.15) is 11.5 Å². The molecule has 2 aromatic heterocycles. The predicted octanol–water partition coefficient (Wildman–Crippen LogP) is 1.30.